The summed E-state index contributed by atoms with van der Waals surface area (Å²) in [6.45, 7) is 5.69. The molecule has 0 fully saturated rings. The molecule has 0 saturated carbocycles. The van der Waals surface area contributed by atoms with Crippen LogP contribution in [0, 0.1) is 5.82 Å². The lowest BCUT2D eigenvalue weighted by atomic mass is 10.0. The lowest BCUT2D eigenvalue weighted by molar-refractivity contribution is 0.0524. The van der Waals surface area contributed by atoms with E-state index in [1.807, 2.05) is 19.0 Å². The number of carbonyl (C=O) groups excluding carboxylic acids is 1. The molecule has 1 amide bonds. The van der Waals surface area contributed by atoms with Crippen LogP contribution >= 0.6 is 0 Å². The maximum Gasteiger partial charge on any atom is 0.407 e. The Morgan fingerprint density at radius 2 is 2.05 bits per heavy atom. The first-order chi connectivity index (χ1) is 10.1. The Morgan fingerprint density at radius 3 is 2.59 bits per heavy atom. The van der Waals surface area contributed by atoms with Gasteiger partial charge in [0.1, 0.15) is 11.4 Å². The first kappa shape index (κ1) is 18.2. The zero-order valence-electron chi connectivity index (χ0n) is 13.9. The molecule has 1 unspecified atom stereocenters. The number of carbonyl (C=O) groups is 1. The van der Waals surface area contributed by atoms with Crippen LogP contribution in [0.4, 0.5) is 14.9 Å². The summed E-state index contributed by atoms with van der Waals surface area (Å²) in [7, 11) is 3.70. The highest BCUT2D eigenvalue weighted by molar-refractivity contribution is 5.67. The van der Waals surface area contributed by atoms with Crippen LogP contribution in [0.3, 0.4) is 0 Å². The van der Waals surface area contributed by atoms with E-state index in [2.05, 4.69) is 5.32 Å². The number of halogens is 1. The van der Waals surface area contributed by atoms with E-state index in [9.17, 15) is 9.18 Å². The summed E-state index contributed by atoms with van der Waals surface area (Å²) in [4.78, 5) is 13.4. The van der Waals surface area contributed by atoms with Crippen molar-refractivity contribution in [2.45, 2.75) is 38.8 Å². The number of rotatable bonds is 5. The van der Waals surface area contributed by atoms with Crippen molar-refractivity contribution in [1.82, 2.24) is 5.32 Å². The van der Waals surface area contributed by atoms with E-state index >= 15 is 0 Å². The fraction of sp³-hybridized carbons (Fsp3) is 0.562. The third kappa shape index (κ3) is 6.30. The Labute approximate surface area is 131 Å². The number of hydrogen-bond acceptors (Lipinski definition) is 4. The van der Waals surface area contributed by atoms with Crippen molar-refractivity contribution >= 4 is 11.8 Å². The van der Waals surface area contributed by atoms with Crippen molar-refractivity contribution in [1.29, 1.82) is 0 Å². The van der Waals surface area contributed by atoms with Gasteiger partial charge >= 0.3 is 6.09 Å². The fourth-order valence-corrected chi connectivity index (χ4v) is 2.01. The van der Waals surface area contributed by atoms with Crippen molar-refractivity contribution in [2.75, 3.05) is 25.5 Å². The number of amides is 1. The average molecular weight is 311 g/mol. The second kappa shape index (κ2) is 7.45. The number of benzene rings is 1. The van der Waals surface area contributed by atoms with Crippen molar-refractivity contribution in [3.05, 3.63) is 29.6 Å². The Kier molecular flexibility index (Phi) is 6.17. The third-order valence-corrected chi connectivity index (χ3v) is 2.92. The van der Waals surface area contributed by atoms with Gasteiger partial charge in [0.15, 0.2) is 0 Å². The first-order valence-corrected chi connectivity index (χ1v) is 7.26. The molecule has 0 aromatic heterocycles. The van der Waals surface area contributed by atoms with Crippen LogP contribution in [0.25, 0.3) is 0 Å². The molecule has 22 heavy (non-hydrogen) atoms. The summed E-state index contributed by atoms with van der Waals surface area (Å²) >= 11 is 0. The van der Waals surface area contributed by atoms with E-state index < -0.39 is 11.7 Å². The number of nitrogens with one attached hydrogen (secondary N) is 1. The minimum absolute atomic E-state index is 0.281. The quantitative estimate of drug-likeness (QED) is 0.875. The zero-order valence-corrected chi connectivity index (χ0v) is 13.9. The second-order valence-corrected chi connectivity index (χ2v) is 6.51. The van der Waals surface area contributed by atoms with Gasteiger partial charge in [0.05, 0.1) is 0 Å². The second-order valence-electron chi connectivity index (χ2n) is 6.51. The highest BCUT2D eigenvalue weighted by Crippen LogP contribution is 2.21. The zero-order chi connectivity index (χ0) is 16.9. The van der Waals surface area contributed by atoms with Crippen molar-refractivity contribution in [3.63, 3.8) is 0 Å². The molecule has 1 aromatic carbocycles. The van der Waals surface area contributed by atoms with Gasteiger partial charge in [-0.1, -0.05) is 6.07 Å². The molecule has 0 heterocycles. The fourth-order valence-electron chi connectivity index (χ4n) is 2.01. The summed E-state index contributed by atoms with van der Waals surface area (Å²) in [6.07, 6.45) is 0.0405. The van der Waals surface area contributed by atoms with Gasteiger partial charge < -0.3 is 20.7 Å². The highest BCUT2D eigenvalue weighted by atomic mass is 19.1. The van der Waals surface area contributed by atoms with Gasteiger partial charge in [-0.3, -0.25) is 0 Å². The maximum absolute atomic E-state index is 13.3. The van der Waals surface area contributed by atoms with Crippen LogP contribution in [0.5, 0.6) is 0 Å². The molecule has 0 radical (unpaired) electrons. The van der Waals surface area contributed by atoms with E-state index in [1.165, 1.54) is 12.1 Å². The summed E-state index contributed by atoms with van der Waals surface area (Å²) in [5.74, 6) is -0.284. The molecule has 124 valence electrons. The Bertz CT molecular complexity index is 513. The van der Waals surface area contributed by atoms with E-state index in [4.69, 9.17) is 10.5 Å². The molecular formula is C16H26FN3O2. The van der Waals surface area contributed by atoms with Gasteiger partial charge in [-0.15, -0.1) is 0 Å². The highest BCUT2D eigenvalue weighted by Gasteiger charge is 2.17. The molecule has 0 aliphatic rings. The molecule has 6 heteroatoms. The van der Waals surface area contributed by atoms with Crippen LogP contribution in [0.1, 0.15) is 26.3 Å². The predicted octanol–water partition coefficient (Wildman–Crippen LogP) is 2.29. The van der Waals surface area contributed by atoms with E-state index in [0.29, 0.717) is 13.0 Å². The molecule has 0 aliphatic heterocycles. The molecule has 1 rings (SSSR count). The minimum atomic E-state index is -0.538. The summed E-state index contributed by atoms with van der Waals surface area (Å²) in [5, 5.41) is 2.65. The van der Waals surface area contributed by atoms with Gasteiger partial charge in [0.2, 0.25) is 0 Å². The number of nitrogens with zero attached hydrogens (tertiary/aromatic N) is 1. The molecule has 0 saturated heterocycles. The topological polar surface area (TPSA) is 67.6 Å². The van der Waals surface area contributed by atoms with Crippen molar-refractivity contribution in [2.24, 2.45) is 5.73 Å². The minimum Gasteiger partial charge on any atom is -0.444 e. The van der Waals surface area contributed by atoms with Crippen LogP contribution in [0.15, 0.2) is 18.2 Å². The summed E-state index contributed by atoms with van der Waals surface area (Å²) in [6, 6.07) is 4.33. The van der Waals surface area contributed by atoms with Gasteiger partial charge in [-0.2, -0.15) is 0 Å². The first-order valence-electron chi connectivity index (χ1n) is 7.26. The molecular weight excluding hydrogens is 285 g/mol. The largest absolute Gasteiger partial charge is 0.444 e. The molecule has 0 bridgehead atoms. The maximum atomic E-state index is 13.3. The number of alkyl carbamates (subject to hydrolysis) is 1. The summed E-state index contributed by atoms with van der Waals surface area (Å²) in [5.41, 5.74) is 7.22. The normalized spacial score (nSPS) is 12.7. The number of ether oxygens (including phenoxy) is 1. The third-order valence-electron chi connectivity index (χ3n) is 2.92. The monoisotopic (exact) mass is 311 g/mol. The Hall–Kier alpha value is -1.82. The van der Waals surface area contributed by atoms with Crippen molar-refractivity contribution in [3.8, 4) is 0 Å². The lowest BCUT2D eigenvalue weighted by Gasteiger charge is -2.22. The van der Waals surface area contributed by atoms with Crippen LogP contribution in [-0.2, 0) is 11.2 Å². The number of anilines is 1. The smallest absolute Gasteiger partial charge is 0.407 e. The van der Waals surface area contributed by atoms with Gasteiger partial charge in [-0.05, 0) is 44.9 Å². The number of hydrogen-bond donors (Lipinski definition) is 2. The lowest BCUT2D eigenvalue weighted by Crippen LogP contribution is -2.41. The summed E-state index contributed by atoms with van der Waals surface area (Å²) < 4.78 is 18.5. The van der Waals surface area contributed by atoms with Crippen LogP contribution in [-0.4, -0.2) is 38.4 Å². The van der Waals surface area contributed by atoms with Gasteiger partial charge in [0, 0.05) is 32.4 Å². The van der Waals surface area contributed by atoms with E-state index in [1.54, 1.807) is 26.8 Å². The average Bonchev–Trinajstić information content (AvgIpc) is 2.36. The molecule has 0 spiro atoms. The predicted molar refractivity (Wildman–Crippen MR) is 86.6 cm³/mol. The Morgan fingerprint density at radius 1 is 1.41 bits per heavy atom. The molecule has 5 nitrogen and oxygen atoms in total. The van der Waals surface area contributed by atoms with E-state index in [-0.39, 0.29) is 11.9 Å². The van der Waals surface area contributed by atoms with Crippen LogP contribution < -0.4 is 16.0 Å². The standard InChI is InChI=1S/C16H26FN3O2/c1-16(2,3)22-15(21)19-10-13(18)8-11-6-7-12(17)9-14(11)20(4)5/h6-7,9,13H,8,10,18H2,1-5H3,(H,19,21). The van der Waals surface area contributed by atoms with Gasteiger partial charge in [-0.25, -0.2) is 9.18 Å². The SMILES string of the molecule is CN(C)c1cc(F)ccc1CC(N)CNC(=O)OC(C)(C)C. The van der Waals surface area contributed by atoms with E-state index in [0.717, 1.165) is 11.3 Å². The van der Waals surface area contributed by atoms with Crippen LogP contribution in [0.2, 0.25) is 0 Å². The molecule has 1 aromatic rings. The molecule has 0 aliphatic carbocycles. The molecule has 3 N–H and O–H groups in total. The molecule has 1 atom stereocenters. The Balaban J connectivity index is 2.59. The van der Waals surface area contributed by atoms with Crippen molar-refractivity contribution < 1.29 is 13.9 Å². The number of nitrogens with two attached hydrogens (primary N) is 1. The van der Waals surface area contributed by atoms with Gasteiger partial charge in [0.25, 0.3) is 0 Å².